The molecule has 6 rings (SSSR count). The van der Waals surface area contributed by atoms with Gasteiger partial charge in [-0.1, -0.05) is 11.3 Å². The van der Waals surface area contributed by atoms with Crippen molar-refractivity contribution in [1.29, 1.82) is 0 Å². The Bertz CT molecular complexity index is 1930. The van der Waals surface area contributed by atoms with Crippen LogP contribution in [0.25, 0.3) is 27.6 Å². The Hall–Kier alpha value is -4.22. The number of amides is 1. The minimum atomic E-state index is -1.11. The van der Waals surface area contributed by atoms with Crippen molar-refractivity contribution in [2.45, 2.75) is 6.54 Å². The van der Waals surface area contributed by atoms with Gasteiger partial charge in [0.25, 0.3) is 5.91 Å². The molecule has 17 heteroatoms. The van der Waals surface area contributed by atoms with Crippen LogP contribution in [0.5, 0.6) is 0 Å². The van der Waals surface area contributed by atoms with Gasteiger partial charge in [-0.3, -0.25) is 23.3 Å². The molecule has 0 aliphatic carbocycles. The fourth-order valence-electron chi connectivity index (χ4n) is 5.11. The summed E-state index contributed by atoms with van der Waals surface area (Å²) in [4.78, 5) is 39.8. The van der Waals surface area contributed by atoms with Crippen molar-refractivity contribution < 1.29 is 22.2 Å². The predicted octanol–water partition coefficient (Wildman–Crippen LogP) is 1.89. The molecule has 0 radical (unpaired) electrons. The first-order valence-electron chi connectivity index (χ1n) is 13.7. The van der Waals surface area contributed by atoms with Crippen LogP contribution in [-0.2, 0) is 17.3 Å². The quantitative estimate of drug-likeness (QED) is 0.252. The summed E-state index contributed by atoms with van der Waals surface area (Å²) in [6, 6.07) is 5.43. The van der Waals surface area contributed by atoms with Crippen molar-refractivity contribution >= 4 is 55.7 Å². The number of benzene rings is 1. The van der Waals surface area contributed by atoms with Gasteiger partial charge in [0.05, 0.1) is 17.5 Å². The first kappa shape index (κ1) is 29.8. The molecule has 5 aromatic rings. The van der Waals surface area contributed by atoms with E-state index < -0.39 is 28.3 Å². The number of carbonyl (C=O) groups is 1. The van der Waals surface area contributed by atoms with Gasteiger partial charge < -0.3 is 20.0 Å². The zero-order valence-corrected chi connectivity index (χ0v) is 25.5. The van der Waals surface area contributed by atoms with Crippen molar-refractivity contribution in [2.24, 2.45) is 0 Å². The molecule has 0 bridgehead atoms. The van der Waals surface area contributed by atoms with Gasteiger partial charge in [-0.05, 0) is 18.2 Å². The molecule has 1 amide bonds. The third-order valence-corrected chi connectivity index (χ3v) is 9.26. The number of anilines is 2. The summed E-state index contributed by atoms with van der Waals surface area (Å²) in [5.74, 6) is -1.15. The smallest absolute Gasteiger partial charge is 0.309 e. The molecule has 1 atom stereocenters. The maximum absolute atomic E-state index is 14.9. The summed E-state index contributed by atoms with van der Waals surface area (Å²) in [5.41, 5.74) is 6.92. The Balaban J connectivity index is 1.14. The van der Waals surface area contributed by atoms with E-state index in [2.05, 4.69) is 20.0 Å². The van der Waals surface area contributed by atoms with E-state index in [0.717, 1.165) is 17.4 Å². The first-order chi connectivity index (χ1) is 21.1. The number of hydrogen-bond donors (Lipinski definition) is 1. The van der Waals surface area contributed by atoms with E-state index in [1.165, 1.54) is 35.0 Å². The lowest BCUT2D eigenvalue weighted by molar-refractivity contribution is 0.0799. The number of thiazole rings is 1. The number of halogens is 2. The summed E-state index contributed by atoms with van der Waals surface area (Å²) in [5, 5.41) is 4.37. The zero-order chi connectivity index (χ0) is 31.1. The molecule has 1 aromatic carbocycles. The number of aromatic nitrogens is 5. The minimum Gasteiger partial charge on any atom is -0.461 e. The summed E-state index contributed by atoms with van der Waals surface area (Å²) in [6.07, 6.45) is 3.04. The Morgan fingerprint density at radius 3 is 2.61 bits per heavy atom. The van der Waals surface area contributed by atoms with Crippen LogP contribution in [-0.4, -0.2) is 102 Å². The molecular formula is C27H29F2N9O4S2. The second-order valence-corrected chi connectivity index (χ2v) is 12.9. The van der Waals surface area contributed by atoms with Gasteiger partial charge in [-0.2, -0.15) is 9.50 Å². The largest absolute Gasteiger partial charge is 0.461 e. The lowest BCUT2D eigenvalue weighted by Crippen LogP contribution is -2.47. The molecule has 0 saturated carbocycles. The van der Waals surface area contributed by atoms with Gasteiger partial charge in [0.2, 0.25) is 11.8 Å². The summed E-state index contributed by atoms with van der Waals surface area (Å²) >= 11 is 1.01. The molecule has 13 nitrogen and oxygen atoms in total. The number of fused-ring (bicyclic) bond motifs is 3. The standard InChI is InChI=1S/C27H29F2N9O4S2/c1-34(11-13-44(2)41)25(39)16-14-19(18(29)15-17(16)28)36-8-5-35(6-9-36)7-10-37-23-21(43-27(37)40)24-31-22(20-4-3-12-42-20)33-38(24)26(30)32-23/h3-4,12,14-15H,5-11,13H2,1-2H3,(H2,30,32)/t44-/m0/s1. The Morgan fingerprint density at radius 2 is 1.91 bits per heavy atom. The Morgan fingerprint density at radius 1 is 1.14 bits per heavy atom. The second kappa shape index (κ2) is 12.0. The van der Waals surface area contributed by atoms with E-state index in [1.54, 1.807) is 21.6 Å². The van der Waals surface area contributed by atoms with Gasteiger partial charge in [0.15, 0.2) is 17.1 Å². The number of rotatable bonds is 9. The molecule has 1 saturated heterocycles. The highest BCUT2D eigenvalue weighted by Crippen LogP contribution is 2.27. The highest BCUT2D eigenvalue weighted by atomic mass is 32.2. The molecule has 0 spiro atoms. The van der Waals surface area contributed by atoms with E-state index in [1.807, 2.05) is 0 Å². The zero-order valence-electron chi connectivity index (χ0n) is 23.9. The SMILES string of the molecule is CN(CC[S@](C)=O)C(=O)c1cc(N2CCN(CCn3c(=O)sc4c3nc(N)n3nc(-c5ccco5)nc43)CC2)c(F)cc1F. The molecule has 0 unspecified atom stereocenters. The maximum Gasteiger partial charge on any atom is 0.309 e. The van der Waals surface area contributed by atoms with Gasteiger partial charge in [0, 0.05) is 81.7 Å². The summed E-state index contributed by atoms with van der Waals surface area (Å²) < 4.78 is 49.7. The van der Waals surface area contributed by atoms with Crippen LogP contribution in [0.2, 0.25) is 0 Å². The molecular weight excluding hydrogens is 616 g/mol. The maximum atomic E-state index is 14.9. The number of nitrogen functional groups attached to an aromatic ring is 1. The Labute approximate surface area is 255 Å². The van der Waals surface area contributed by atoms with E-state index in [4.69, 9.17) is 10.2 Å². The normalized spacial score (nSPS) is 15.0. The molecule has 1 aliphatic heterocycles. The third-order valence-electron chi connectivity index (χ3n) is 7.54. The van der Waals surface area contributed by atoms with Crippen molar-refractivity contribution in [3.05, 3.63) is 57.4 Å². The fourth-order valence-corrected chi connectivity index (χ4v) is 6.57. The van der Waals surface area contributed by atoms with Crippen molar-refractivity contribution in [3.63, 3.8) is 0 Å². The number of hydrogen-bond acceptors (Lipinski definition) is 11. The van der Waals surface area contributed by atoms with Crippen LogP contribution in [0.1, 0.15) is 10.4 Å². The summed E-state index contributed by atoms with van der Waals surface area (Å²) in [7, 11) is 0.386. The Kier molecular flexibility index (Phi) is 8.17. The van der Waals surface area contributed by atoms with Gasteiger partial charge in [-0.25, -0.2) is 13.8 Å². The highest BCUT2D eigenvalue weighted by Gasteiger charge is 2.25. The number of nitrogens with two attached hydrogens (primary N) is 1. The summed E-state index contributed by atoms with van der Waals surface area (Å²) in [6.45, 7) is 3.02. The number of furan rings is 1. The molecule has 44 heavy (non-hydrogen) atoms. The highest BCUT2D eigenvalue weighted by molar-refractivity contribution is 7.84. The topological polar surface area (TPSA) is 148 Å². The van der Waals surface area contributed by atoms with E-state index in [0.29, 0.717) is 66.8 Å². The predicted molar refractivity (Wildman–Crippen MR) is 163 cm³/mol. The lowest BCUT2D eigenvalue weighted by Gasteiger charge is -2.36. The van der Waals surface area contributed by atoms with Crippen molar-refractivity contribution in [3.8, 4) is 11.6 Å². The van der Waals surface area contributed by atoms with Gasteiger partial charge >= 0.3 is 4.87 Å². The molecule has 5 heterocycles. The van der Waals surface area contributed by atoms with Crippen LogP contribution in [0.3, 0.4) is 0 Å². The molecule has 1 aliphatic rings. The van der Waals surface area contributed by atoms with Crippen LogP contribution < -0.4 is 15.5 Å². The van der Waals surface area contributed by atoms with Crippen LogP contribution >= 0.6 is 11.3 Å². The van der Waals surface area contributed by atoms with Crippen LogP contribution in [0, 0.1) is 11.6 Å². The van der Waals surface area contributed by atoms with E-state index >= 15 is 0 Å². The number of nitrogens with zero attached hydrogens (tertiary/aromatic N) is 8. The number of piperazine rings is 1. The fraction of sp³-hybridized carbons (Fsp3) is 0.370. The van der Waals surface area contributed by atoms with Gasteiger partial charge in [-0.15, -0.1) is 5.10 Å². The lowest BCUT2D eigenvalue weighted by atomic mass is 10.1. The average Bonchev–Trinajstić information content (AvgIpc) is 3.74. The molecule has 232 valence electrons. The molecule has 1 fully saturated rings. The average molecular weight is 646 g/mol. The number of carbonyl (C=O) groups excluding carboxylic acids is 1. The van der Waals surface area contributed by atoms with E-state index in [-0.39, 0.29) is 34.4 Å². The van der Waals surface area contributed by atoms with Crippen molar-refractivity contribution in [1.82, 2.24) is 33.9 Å². The molecule has 2 N–H and O–H groups in total. The third kappa shape index (κ3) is 5.69. The van der Waals surface area contributed by atoms with Crippen molar-refractivity contribution in [2.75, 3.05) is 69.0 Å². The van der Waals surface area contributed by atoms with Gasteiger partial charge in [0.1, 0.15) is 16.3 Å². The molecule has 4 aromatic heterocycles. The van der Waals surface area contributed by atoms with Crippen LogP contribution in [0.4, 0.5) is 20.4 Å². The monoisotopic (exact) mass is 645 g/mol. The van der Waals surface area contributed by atoms with E-state index in [9.17, 15) is 22.6 Å². The van der Waals surface area contributed by atoms with Crippen LogP contribution in [0.15, 0.2) is 39.7 Å². The second-order valence-electron chi connectivity index (χ2n) is 10.4. The minimum absolute atomic E-state index is 0.0867. The first-order valence-corrected chi connectivity index (χ1v) is 16.3.